The third-order valence-electron chi connectivity index (χ3n) is 4.24. The Morgan fingerprint density at radius 2 is 2.00 bits per heavy atom. The Balaban J connectivity index is 2.02. The third-order valence-corrected chi connectivity index (χ3v) is 4.24. The fraction of sp³-hybridized carbons (Fsp3) is 0.650. The molecule has 0 bridgehead atoms. The van der Waals surface area contributed by atoms with Crippen LogP contribution in [0.15, 0.2) is 18.2 Å². The summed E-state index contributed by atoms with van der Waals surface area (Å²) in [5.74, 6) is 0.871. The van der Waals surface area contributed by atoms with Crippen LogP contribution in [-0.2, 0) is 11.3 Å². The van der Waals surface area contributed by atoms with Crippen LogP contribution in [0.3, 0.4) is 0 Å². The van der Waals surface area contributed by atoms with Gasteiger partial charge in [0, 0.05) is 43.5 Å². The molecule has 1 heterocycles. The van der Waals surface area contributed by atoms with Crippen molar-refractivity contribution in [1.29, 1.82) is 0 Å². The summed E-state index contributed by atoms with van der Waals surface area (Å²) < 4.78 is 11.4. The molecule has 2 N–H and O–H groups in total. The van der Waals surface area contributed by atoms with Crippen molar-refractivity contribution in [3.8, 4) is 5.75 Å². The molecule has 6 nitrogen and oxygen atoms in total. The molecule has 1 aliphatic rings. The van der Waals surface area contributed by atoms with Gasteiger partial charge in [0.25, 0.3) is 0 Å². The Morgan fingerprint density at radius 1 is 1.31 bits per heavy atom. The first-order chi connectivity index (χ1) is 12.0. The molecule has 0 aromatic heterocycles. The Labute approximate surface area is 157 Å². The molecule has 2 rings (SSSR count). The van der Waals surface area contributed by atoms with Gasteiger partial charge in [-0.2, -0.15) is 0 Å². The van der Waals surface area contributed by atoms with Crippen LogP contribution >= 0.6 is 0 Å². The second-order valence-electron chi connectivity index (χ2n) is 8.28. The lowest BCUT2D eigenvalue weighted by Gasteiger charge is -2.40. The molecule has 0 spiro atoms. The predicted molar refractivity (Wildman–Crippen MR) is 104 cm³/mol. The van der Waals surface area contributed by atoms with Crippen LogP contribution in [0.25, 0.3) is 0 Å². The summed E-state index contributed by atoms with van der Waals surface area (Å²) in [5.41, 5.74) is 7.32. The Bertz CT molecular complexity index is 625. The minimum atomic E-state index is -0.470. The van der Waals surface area contributed by atoms with E-state index in [1.54, 1.807) is 4.90 Å². The SMILES string of the molecule is CC(C)Oc1ccc(N)cc1CN1CCN(C(=O)OC(C)(C)C)CC1C. The lowest BCUT2D eigenvalue weighted by Crippen LogP contribution is -2.54. The number of hydrogen-bond acceptors (Lipinski definition) is 5. The lowest BCUT2D eigenvalue weighted by molar-refractivity contribution is 0.00445. The first-order valence-electron chi connectivity index (χ1n) is 9.32. The van der Waals surface area contributed by atoms with Gasteiger partial charge in [0.05, 0.1) is 6.10 Å². The Kier molecular flexibility index (Phi) is 6.39. The zero-order valence-electron chi connectivity index (χ0n) is 16.9. The van der Waals surface area contributed by atoms with Crippen LogP contribution in [0.1, 0.15) is 47.1 Å². The summed E-state index contributed by atoms with van der Waals surface area (Å²) in [7, 11) is 0. The number of benzene rings is 1. The smallest absolute Gasteiger partial charge is 0.410 e. The fourth-order valence-corrected chi connectivity index (χ4v) is 3.03. The molecular weight excluding hydrogens is 330 g/mol. The van der Waals surface area contributed by atoms with E-state index in [4.69, 9.17) is 15.2 Å². The van der Waals surface area contributed by atoms with E-state index < -0.39 is 5.60 Å². The van der Waals surface area contributed by atoms with E-state index in [0.29, 0.717) is 13.1 Å². The van der Waals surface area contributed by atoms with Gasteiger partial charge in [-0.25, -0.2) is 4.79 Å². The van der Waals surface area contributed by atoms with Crippen LogP contribution in [0, 0.1) is 0 Å². The first-order valence-corrected chi connectivity index (χ1v) is 9.32. The molecule has 146 valence electrons. The van der Waals surface area contributed by atoms with Crippen LogP contribution in [-0.4, -0.2) is 53.3 Å². The van der Waals surface area contributed by atoms with E-state index >= 15 is 0 Å². The van der Waals surface area contributed by atoms with Crippen LogP contribution in [0.2, 0.25) is 0 Å². The quantitative estimate of drug-likeness (QED) is 0.829. The second kappa shape index (κ2) is 8.16. The number of ether oxygens (including phenoxy) is 2. The molecule has 1 amide bonds. The van der Waals surface area contributed by atoms with Gasteiger partial charge in [-0.15, -0.1) is 0 Å². The van der Waals surface area contributed by atoms with Crippen molar-refractivity contribution in [2.75, 3.05) is 25.4 Å². The van der Waals surface area contributed by atoms with Crippen molar-refractivity contribution >= 4 is 11.8 Å². The van der Waals surface area contributed by atoms with E-state index in [1.807, 2.05) is 52.8 Å². The van der Waals surface area contributed by atoms with Crippen LogP contribution < -0.4 is 10.5 Å². The number of carbonyl (C=O) groups is 1. The van der Waals surface area contributed by atoms with Crippen molar-refractivity contribution in [1.82, 2.24) is 9.80 Å². The maximum atomic E-state index is 12.3. The van der Waals surface area contributed by atoms with Gasteiger partial charge in [-0.1, -0.05) is 0 Å². The van der Waals surface area contributed by atoms with Gasteiger partial charge in [0.1, 0.15) is 11.4 Å². The minimum absolute atomic E-state index is 0.110. The Morgan fingerprint density at radius 3 is 2.58 bits per heavy atom. The summed E-state index contributed by atoms with van der Waals surface area (Å²) in [6, 6.07) is 6.01. The Hall–Kier alpha value is -1.95. The molecule has 0 aliphatic carbocycles. The number of hydrogen-bond donors (Lipinski definition) is 1. The number of anilines is 1. The van der Waals surface area contributed by atoms with Crippen molar-refractivity contribution in [2.24, 2.45) is 0 Å². The molecule has 1 atom stereocenters. The number of piperazine rings is 1. The van der Waals surface area contributed by atoms with Gasteiger partial charge in [-0.05, 0) is 59.7 Å². The summed E-state index contributed by atoms with van der Waals surface area (Å²) in [5, 5.41) is 0. The molecule has 1 aromatic carbocycles. The highest BCUT2D eigenvalue weighted by Crippen LogP contribution is 2.26. The van der Waals surface area contributed by atoms with E-state index in [-0.39, 0.29) is 18.2 Å². The first kappa shape index (κ1) is 20.4. The molecule has 26 heavy (non-hydrogen) atoms. The summed E-state index contributed by atoms with van der Waals surface area (Å²) in [4.78, 5) is 16.4. The van der Waals surface area contributed by atoms with E-state index in [2.05, 4.69) is 11.8 Å². The lowest BCUT2D eigenvalue weighted by atomic mass is 10.1. The molecule has 1 aliphatic heterocycles. The maximum Gasteiger partial charge on any atom is 0.410 e. The molecule has 0 saturated carbocycles. The third kappa shape index (κ3) is 5.80. The average Bonchev–Trinajstić information content (AvgIpc) is 2.49. The predicted octanol–water partition coefficient (Wildman–Crippen LogP) is 3.50. The second-order valence-corrected chi connectivity index (χ2v) is 8.28. The van der Waals surface area contributed by atoms with Gasteiger partial charge in [0.2, 0.25) is 0 Å². The van der Waals surface area contributed by atoms with Gasteiger partial charge in [-0.3, -0.25) is 4.90 Å². The number of nitrogens with zero attached hydrogens (tertiary/aromatic N) is 2. The molecule has 1 aromatic rings. The van der Waals surface area contributed by atoms with Gasteiger partial charge in [0.15, 0.2) is 0 Å². The molecule has 1 fully saturated rings. The van der Waals surface area contributed by atoms with Crippen molar-refractivity contribution in [3.63, 3.8) is 0 Å². The van der Waals surface area contributed by atoms with E-state index in [1.165, 1.54) is 0 Å². The highest BCUT2D eigenvalue weighted by molar-refractivity contribution is 5.68. The summed E-state index contributed by atoms with van der Waals surface area (Å²) >= 11 is 0. The molecule has 1 saturated heterocycles. The number of carbonyl (C=O) groups excluding carboxylic acids is 1. The van der Waals surface area contributed by atoms with Gasteiger partial charge >= 0.3 is 6.09 Å². The number of amides is 1. The largest absolute Gasteiger partial charge is 0.491 e. The molecule has 6 heteroatoms. The van der Waals surface area contributed by atoms with Crippen LogP contribution in [0.5, 0.6) is 5.75 Å². The van der Waals surface area contributed by atoms with Gasteiger partial charge < -0.3 is 20.1 Å². The van der Waals surface area contributed by atoms with Crippen molar-refractivity contribution < 1.29 is 14.3 Å². The minimum Gasteiger partial charge on any atom is -0.491 e. The monoisotopic (exact) mass is 363 g/mol. The van der Waals surface area contributed by atoms with Crippen molar-refractivity contribution in [2.45, 2.75) is 65.8 Å². The zero-order valence-corrected chi connectivity index (χ0v) is 16.9. The number of rotatable bonds is 4. The average molecular weight is 364 g/mol. The van der Waals surface area contributed by atoms with E-state index in [0.717, 1.165) is 30.1 Å². The maximum absolute atomic E-state index is 12.3. The fourth-order valence-electron chi connectivity index (χ4n) is 3.03. The van der Waals surface area contributed by atoms with E-state index in [9.17, 15) is 4.79 Å². The molecule has 1 unspecified atom stereocenters. The topological polar surface area (TPSA) is 68.0 Å². The van der Waals surface area contributed by atoms with Crippen molar-refractivity contribution in [3.05, 3.63) is 23.8 Å². The number of nitrogens with two attached hydrogens (primary N) is 1. The standard InChI is InChI=1S/C20H33N3O3/c1-14(2)25-18-8-7-17(21)11-16(18)13-22-9-10-23(12-15(22)3)19(24)26-20(4,5)6/h7-8,11,14-15H,9-10,12-13,21H2,1-6H3. The molecule has 0 radical (unpaired) electrons. The highest BCUT2D eigenvalue weighted by Gasteiger charge is 2.30. The van der Waals surface area contributed by atoms with Crippen LogP contribution in [0.4, 0.5) is 10.5 Å². The normalized spacial score (nSPS) is 18.9. The molecular formula is C20H33N3O3. The highest BCUT2D eigenvalue weighted by atomic mass is 16.6. The summed E-state index contributed by atoms with van der Waals surface area (Å²) in [6.07, 6.45) is -0.129. The number of nitrogen functional groups attached to an aromatic ring is 1. The summed E-state index contributed by atoms with van der Waals surface area (Å²) in [6.45, 7) is 14.7. The zero-order chi connectivity index (χ0) is 19.5.